The smallest absolute Gasteiger partial charge is 0.335 e. The quantitative estimate of drug-likeness (QED) is 0.335. The normalized spacial score (nSPS) is 12.5. The average molecular weight is 428 g/mol. The minimum Gasteiger partial charge on any atom is -0.335 e. The summed E-state index contributed by atoms with van der Waals surface area (Å²) >= 11 is 0. The Balaban J connectivity index is 3.09. The summed E-state index contributed by atoms with van der Waals surface area (Å²) in [6.45, 7) is 6.57. The van der Waals surface area contributed by atoms with Gasteiger partial charge in [-0.05, 0) is 33.8 Å². The third kappa shape index (κ3) is 8.68. The molecule has 0 bridgehead atoms. The van der Waals surface area contributed by atoms with Crippen LogP contribution in [0.4, 0.5) is 5.69 Å². The fraction of sp³-hybridized carbons (Fsp3) is 0.643. The molecule has 0 fully saturated rings. The van der Waals surface area contributed by atoms with E-state index >= 15 is 0 Å². The van der Waals surface area contributed by atoms with Gasteiger partial charge in [0.1, 0.15) is 0 Å². The van der Waals surface area contributed by atoms with Gasteiger partial charge >= 0.3 is 15.6 Å². The van der Waals surface area contributed by atoms with Crippen LogP contribution < -0.4 is 10.9 Å². The van der Waals surface area contributed by atoms with Crippen LogP contribution >= 0.6 is 15.6 Å². The third-order valence-electron chi connectivity index (χ3n) is 2.67. The van der Waals surface area contributed by atoms with E-state index in [1.54, 1.807) is 27.7 Å². The van der Waals surface area contributed by atoms with Crippen molar-refractivity contribution in [1.29, 1.82) is 0 Å². The highest BCUT2D eigenvalue weighted by molar-refractivity contribution is 7.49. The van der Waals surface area contributed by atoms with Crippen molar-refractivity contribution in [3.63, 3.8) is 0 Å². The molecule has 0 radical (unpaired) electrons. The van der Waals surface area contributed by atoms with Gasteiger partial charge in [0.05, 0.1) is 32.1 Å². The van der Waals surface area contributed by atoms with Crippen molar-refractivity contribution in [3.05, 3.63) is 28.7 Å². The summed E-state index contributed by atoms with van der Waals surface area (Å²) in [7, 11) is -8.08. The molecule has 11 nitrogen and oxygen atoms in total. The SMILES string of the molecule is CCOP(=O)(OCC)OC(Nc1ccc(=O)[nH]c1)OP(=O)(OCC)OCC. The van der Waals surface area contributed by atoms with E-state index in [2.05, 4.69) is 10.3 Å². The molecule has 0 spiro atoms. The number of hydrogen-bond donors (Lipinski definition) is 2. The maximum absolute atomic E-state index is 12.7. The van der Waals surface area contributed by atoms with E-state index in [1.165, 1.54) is 18.3 Å². The molecule has 1 aromatic heterocycles. The van der Waals surface area contributed by atoms with Crippen molar-refractivity contribution in [2.24, 2.45) is 0 Å². The molecule has 0 aromatic carbocycles. The fourth-order valence-electron chi connectivity index (χ4n) is 1.77. The van der Waals surface area contributed by atoms with Crippen LogP contribution in [0.25, 0.3) is 0 Å². The molecule has 156 valence electrons. The maximum atomic E-state index is 12.7. The van der Waals surface area contributed by atoms with E-state index in [-0.39, 0.29) is 32.0 Å². The Morgan fingerprint density at radius 1 is 0.889 bits per heavy atom. The van der Waals surface area contributed by atoms with Crippen molar-refractivity contribution >= 4 is 21.3 Å². The van der Waals surface area contributed by atoms with Crippen LogP contribution in [0.15, 0.2) is 23.1 Å². The molecule has 27 heavy (non-hydrogen) atoms. The zero-order valence-corrected chi connectivity index (χ0v) is 17.5. The summed E-state index contributed by atoms with van der Waals surface area (Å²) in [5.74, 6) is 0. The standard InChI is InChI=1S/C14H26N2O9P2/c1-5-20-26(18,21-6-2)24-14(16-12-9-10-13(17)15-11-12)25-27(19,22-7-3)23-8-4/h9-11,14,16H,5-8H2,1-4H3,(H,15,17). The molecular formula is C14H26N2O9P2. The van der Waals surface area contributed by atoms with Gasteiger partial charge in [0.25, 0.3) is 6.41 Å². The van der Waals surface area contributed by atoms with E-state index in [4.69, 9.17) is 27.1 Å². The first-order chi connectivity index (χ1) is 12.8. The van der Waals surface area contributed by atoms with E-state index in [1.807, 2.05) is 0 Å². The van der Waals surface area contributed by atoms with Gasteiger partial charge in [0, 0.05) is 12.3 Å². The molecule has 0 aliphatic rings. The topological polar surface area (TPSA) is 134 Å². The second-order valence-electron chi connectivity index (χ2n) is 4.69. The van der Waals surface area contributed by atoms with Gasteiger partial charge in [-0.25, -0.2) is 18.2 Å². The lowest BCUT2D eigenvalue weighted by molar-refractivity contribution is -0.0349. The van der Waals surface area contributed by atoms with Gasteiger partial charge < -0.3 is 10.3 Å². The molecule has 0 saturated heterocycles. The first kappa shape index (κ1) is 24.0. The van der Waals surface area contributed by atoms with Crippen LogP contribution in [0, 0.1) is 0 Å². The lowest BCUT2D eigenvalue weighted by Gasteiger charge is -2.27. The number of phosphoric ester groups is 2. The van der Waals surface area contributed by atoms with Crippen LogP contribution in [-0.4, -0.2) is 37.8 Å². The lowest BCUT2D eigenvalue weighted by Crippen LogP contribution is -2.27. The highest BCUT2D eigenvalue weighted by Crippen LogP contribution is 2.55. The van der Waals surface area contributed by atoms with Crippen molar-refractivity contribution in [2.75, 3.05) is 31.7 Å². The van der Waals surface area contributed by atoms with Crippen LogP contribution in [0.5, 0.6) is 0 Å². The van der Waals surface area contributed by atoms with Gasteiger partial charge in [0.2, 0.25) is 5.56 Å². The molecule has 1 rings (SSSR count). The molecule has 0 amide bonds. The fourth-order valence-corrected chi connectivity index (χ4v) is 4.16. The molecule has 0 unspecified atom stereocenters. The van der Waals surface area contributed by atoms with Gasteiger partial charge in [-0.3, -0.25) is 22.9 Å². The van der Waals surface area contributed by atoms with Gasteiger partial charge in [-0.2, -0.15) is 0 Å². The van der Waals surface area contributed by atoms with E-state index < -0.39 is 22.1 Å². The van der Waals surface area contributed by atoms with Crippen LogP contribution in [0.1, 0.15) is 27.7 Å². The number of hydrogen-bond acceptors (Lipinski definition) is 10. The molecule has 13 heteroatoms. The predicted octanol–water partition coefficient (Wildman–Crippen LogP) is 3.47. The molecule has 0 aliphatic carbocycles. The Morgan fingerprint density at radius 3 is 1.67 bits per heavy atom. The monoisotopic (exact) mass is 428 g/mol. The molecule has 1 aromatic rings. The molecule has 1 heterocycles. The molecule has 0 aliphatic heterocycles. The van der Waals surface area contributed by atoms with Crippen LogP contribution in [0.2, 0.25) is 0 Å². The second-order valence-corrected chi connectivity index (χ2v) is 7.94. The Hall–Kier alpha value is -1.03. The molecule has 2 N–H and O–H groups in total. The summed E-state index contributed by atoms with van der Waals surface area (Å²) < 4.78 is 56.1. The Labute approximate surface area is 157 Å². The minimum atomic E-state index is -4.04. The maximum Gasteiger partial charge on any atom is 0.478 e. The zero-order valence-electron chi connectivity index (χ0n) is 15.7. The van der Waals surface area contributed by atoms with E-state index in [9.17, 15) is 13.9 Å². The number of H-pyrrole nitrogens is 1. The summed E-state index contributed by atoms with van der Waals surface area (Å²) in [5.41, 5.74) is -0.0127. The third-order valence-corrected chi connectivity index (χ3v) is 5.86. The average Bonchev–Trinajstić information content (AvgIpc) is 2.57. The first-order valence-corrected chi connectivity index (χ1v) is 11.3. The highest BCUT2D eigenvalue weighted by Gasteiger charge is 2.37. The predicted molar refractivity (Wildman–Crippen MR) is 98.4 cm³/mol. The molecular weight excluding hydrogens is 402 g/mol. The van der Waals surface area contributed by atoms with Crippen LogP contribution in [0.3, 0.4) is 0 Å². The van der Waals surface area contributed by atoms with E-state index in [0.717, 1.165) is 0 Å². The Kier molecular flexibility index (Phi) is 10.4. The zero-order chi connectivity index (χ0) is 20.3. The molecule has 0 saturated carbocycles. The summed E-state index contributed by atoms with van der Waals surface area (Å²) in [4.78, 5) is 13.6. The van der Waals surface area contributed by atoms with Crippen LogP contribution in [-0.2, 0) is 36.3 Å². The number of anilines is 1. The second kappa shape index (κ2) is 11.7. The van der Waals surface area contributed by atoms with Gasteiger partial charge in [-0.1, -0.05) is 0 Å². The summed E-state index contributed by atoms with van der Waals surface area (Å²) in [6, 6.07) is 2.66. The Morgan fingerprint density at radius 2 is 1.33 bits per heavy atom. The first-order valence-electron chi connectivity index (χ1n) is 8.40. The minimum absolute atomic E-state index is 0.0389. The van der Waals surface area contributed by atoms with Crippen molar-refractivity contribution in [1.82, 2.24) is 4.98 Å². The Bertz CT molecular complexity index is 640. The number of aromatic amines is 1. The number of aromatic nitrogens is 1. The largest absolute Gasteiger partial charge is 0.478 e. The molecule has 0 atom stereocenters. The summed E-state index contributed by atoms with van der Waals surface area (Å²) in [6.07, 6.45) is -0.274. The van der Waals surface area contributed by atoms with Crippen molar-refractivity contribution < 1.29 is 36.3 Å². The van der Waals surface area contributed by atoms with E-state index in [0.29, 0.717) is 5.69 Å². The summed E-state index contributed by atoms with van der Waals surface area (Å²) in [5, 5.41) is 2.67. The van der Waals surface area contributed by atoms with Crippen molar-refractivity contribution in [2.45, 2.75) is 34.1 Å². The number of phosphoric acid groups is 2. The number of pyridine rings is 1. The number of rotatable bonds is 14. The van der Waals surface area contributed by atoms with Gasteiger partial charge in [0.15, 0.2) is 0 Å². The van der Waals surface area contributed by atoms with Gasteiger partial charge in [-0.15, -0.1) is 0 Å². The number of nitrogens with one attached hydrogen (secondary N) is 2. The van der Waals surface area contributed by atoms with Crippen molar-refractivity contribution in [3.8, 4) is 0 Å². The highest BCUT2D eigenvalue weighted by atomic mass is 31.2. The lowest BCUT2D eigenvalue weighted by atomic mass is 10.4.